The fourth-order valence-corrected chi connectivity index (χ4v) is 3.00. The number of hydrogen-bond donors (Lipinski definition) is 0. The summed E-state index contributed by atoms with van der Waals surface area (Å²) in [4.78, 5) is 0.510. The predicted molar refractivity (Wildman–Crippen MR) is 73.0 cm³/mol. The van der Waals surface area contributed by atoms with Gasteiger partial charge in [-0.1, -0.05) is 28.1 Å². The highest BCUT2D eigenvalue weighted by Crippen LogP contribution is 2.26. The lowest BCUT2D eigenvalue weighted by atomic mass is 9.94. The molecule has 1 aromatic carbocycles. The fraction of sp³-hybridized carbons (Fsp3) is 0.571. The average molecular weight is 299 g/mol. The van der Waals surface area contributed by atoms with Crippen LogP contribution in [0.1, 0.15) is 18.4 Å². The number of ether oxygens (including phenoxy) is 2. The molecule has 2 unspecified atom stereocenters. The highest BCUT2D eigenvalue weighted by molar-refractivity contribution is 9.09. The van der Waals surface area contributed by atoms with Crippen molar-refractivity contribution in [3.8, 4) is 5.75 Å². The molecule has 2 rings (SSSR count). The molecule has 17 heavy (non-hydrogen) atoms. The maximum Gasteiger partial charge on any atom is 0.118 e. The van der Waals surface area contributed by atoms with Crippen molar-refractivity contribution >= 4 is 15.9 Å². The summed E-state index contributed by atoms with van der Waals surface area (Å²) in [5.41, 5.74) is 1.35. The first-order valence-corrected chi connectivity index (χ1v) is 7.06. The molecule has 1 fully saturated rings. The molecule has 1 aliphatic rings. The second kappa shape index (κ2) is 6.41. The first-order chi connectivity index (χ1) is 8.29. The third kappa shape index (κ3) is 3.71. The monoisotopic (exact) mass is 298 g/mol. The molecule has 0 spiro atoms. The largest absolute Gasteiger partial charge is 0.497 e. The number of rotatable bonds is 4. The van der Waals surface area contributed by atoms with Crippen molar-refractivity contribution in [1.29, 1.82) is 0 Å². The van der Waals surface area contributed by atoms with E-state index in [1.807, 2.05) is 12.1 Å². The van der Waals surface area contributed by atoms with Gasteiger partial charge in [0.2, 0.25) is 0 Å². The SMILES string of the molecule is COc1ccc(CC(Br)C2CCCOC2)cc1. The van der Waals surface area contributed by atoms with Gasteiger partial charge in [0.25, 0.3) is 0 Å². The van der Waals surface area contributed by atoms with Gasteiger partial charge in [0, 0.05) is 11.4 Å². The van der Waals surface area contributed by atoms with Gasteiger partial charge in [0.1, 0.15) is 5.75 Å². The maximum atomic E-state index is 5.53. The summed E-state index contributed by atoms with van der Waals surface area (Å²) in [6, 6.07) is 8.31. The topological polar surface area (TPSA) is 18.5 Å². The number of hydrogen-bond acceptors (Lipinski definition) is 2. The Morgan fingerprint density at radius 2 is 2.18 bits per heavy atom. The molecule has 1 aromatic rings. The molecular formula is C14H19BrO2. The molecule has 0 saturated carbocycles. The van der Waals surface area contributed by atoms with Crippen molar-refractivity contribution < 1.29 is 9.47 Å². The summed E-state index contributed by atoms with van der Waals surface area (Å²) in [7, 11) is 1.70. The molecule has 2 nitrogen and oxygen atoms in total. The van der Waals surface area contributed by atoms with Crippen LogP contribution in [-0.2, 0) is 11.2 Å². The summed E-state index contributed by atoms with van der Waals surface area (Å²) in [6.07, 6.45) is 3.51. The standard InChI is InChI=1S/C14H19BrO2/c1-16-13-6-4-11(5-7-13)9-14(15)12-3-2-8-17-10-12/h4-7,12,14H,2-3,8-10H2,1H3. The van der Waals surface area contributed by atoms with E-state index < -0.39 is 0 Å². The Morgan fingerprint density at radius 3 is 2.76 bits per heavy atom. The molecule has 0 bridgehead atoms. The normalized spacial score (nSPS) is 22.1. The second-order valence-electron chi connectivity index (χ2n) is 4.55. The Labute approximate surface area is 111 Å². The Morgan fingerprint density at radius 1 is 1.41 bits per heavy atom. The van der Waals surface area contributed by atoms with E-state index in [2.05, 4.69) is 28.1 Å². The number of halogens is 1. The first-order valence-electron chi connectivity index (χ1n) is 6.14. The molecule has 94 valence electrons. The van der Waals surface area contributed by atoms with Crippen molar-refractivity contribution in [1.82, 2.24) is 0 Å². The summed E-state index contributed by atoms with van der Waals surface area (Å²) in [6.45, 7) is 1.82. The van der Waals surface area contributed by atoms with Gasteiger partial charge in [0.15, 0.2) is 0 Å². The predicted octanol–water partition coefficient (Wildman–Crippen LogP) is 3.43. The van der Waals surface area contributed by atoms with Gasteiger partial charge in [0.05, 0.1) is 13.7 Å². The zero-order chi connectivity index (χ0) is 12.1. The smallest absolute Gasteiger partial charge is 0.118 e. The maximum absolute atomic E-state index is 5.53. The van der Waals surface area contributed by atoms with E-state index >= 15 is 0 Å². The van der Waals surface area contributed by atoms with Crippen LogP contribution in [0.5, 0.6) is 5.75 Å². The molecular weight excluding hydrogens is 280 g/mol. The molecule has 1 heterocycles. The minimum absolute atomic E-state index is 0.510. The van der Waals surface area contributed by atoms with Gasteiger partial charge in [-0.3, -0.25) is 0 Å². The number of alkyl halides is 1. The van der Waals surface area contributed by atoms with E-state index in [4.69, 9.17) is 9.47 Å². The lowest BCUT2D eigenvalue weighted by molar-refractivity contribution is 0.0547. The summed E-state index contributed by atoms with van der Waals surface area (Å²) >= 11 is 3.80. The van der Waals surface area contributed by atoms with Gasteiger partial charge >= 0.3 is 0 Å². The quantitative estimate of drug-likeness (QED) is 0.793. The first kappa shape index (κ1) is 12.9. The van der Waals surface area contributed by atoms with Crippen molar-refractivity contribution in [2.45, 2.75) is 24.1 Å². The Kier molecular flexibility index (Phi) is 4.86. The molecule has 0 amide bonds. The van der Waals surface area contributed by atoms with Gasteiger partial charge in [-0.25, -0.2) is 0 Å². The van der Waals surface area contributed by atoms with Crippen molar-refractivity contribution in [2.75, 3.05) is 20.3 Å². The van der Waals surface area contributed by atoms with Crippen LogP contribution in [0.15, 0.2) is 24.3 Å². The zero-order valence-corrected chi connectivity index (χ0v) is 11.8. The Bertz CT molecular complexity index is 331. The molecule has 1 saturated heterocycles. The molecule has 0 aromatic heterocycles. The fourth-order valence-electron chi connectivity index (χ4n) is 2.20. The van der Waals surface area contributed by atoms with Crippen molar-refractivity contribution in [3.63, 3.8) is 0 Å². The van der Waals surface area contributed by atoms with Gasteiger partial charge in [-0.15, -0.1) is 0 Å². The van der Waals surface area contributed by atoms with Crippen LogP contribution in [0.4, 0.5) is 0 Å². The molecule has 2 atom stereocenters. The highest BCUT2D eigenvalue weighted by atomic mass is 79.9. The molecule has 3 heteroatoms. The van der Waals surface area contributed by atoms with Crippen LogP contribution in [0.25, 0.3) is 0 Å². The van der Waals surface area contributed by atoms with Crippen LogP contribution in [0.2, 0.25) is 0 Å². The number of benzene rings is 1. The van der Waals surface area contributed by atoms with Crippen molar-refractivity contribution in [3.05, 3.63) is 29.8 Å². The third-order valence-corrected chi connectivity index (χ3v) is 4.37. The third-order valence-electron chi connectivity index (χ3n) is 3.30. The minimum Gasteiger partial charge on any atom is -0.497 e. The Balaban J connectivity index is 1.89. The summed E-state index contributed by atoms with van der Waals surface area (Å²) in [5.74, 6) is 1.56. The summed E-state index contributed by atoms with van der Waals surface area (Å²) < 4.78 is 10.7. The van der Waals surface area contributed by atoms with E-state index in [9.17, 15) is 0 Å². The molecule has 0 radical (unpaired) electrons. The molecule has 1 aliphatic heterocycles. The molecule has 0 N–H and O–H groups in total. The van der Waals surface area contributed by atoms with E-state index in [0.29, 0.717) is 10.7 Å². The van der Waals surface area contributed by atoms with E-state index in [1.54, 1.807) is 7.11 Å². The second-order valence-corrected chi connectivity index (χ2v) is 5.72. The van der Waals surface area contributed by atoms with E-state index in [1.165, 1.54) is 18.4 Å². The summed E-state index contributed by atoms with van der Waals surface area (Å²) in [5, 5.41) is 0. The van der Waals surface area contributed by atoms with Crippen LogP contribution >= 0.6 is 15.9 Å². The lowest BCUT2D eigenvalue weighted by Gasteiger charge is -2.26. The van der Waals surface area contributed by atoms with Crippen LogP contribution < -0.4 is 4.74 Å². The van der Waals surface area contributed by atoms with Crippen LogP contribution in [-0.4, -0.2) is 25.2 Å². The van der Waals surface area contributed by atoms with Crippen molar-refractivity contribution in [2.24, 2.45) is 5.92 Å². The Hall–Kier alpha value is -0.540. The van der Waals surface area contributed by atoms with Crippen LogP contribution in [0, 0.1) is 5.92 Å². The van der Waals surface area contributed by atoms with Crippen LogP contribution in [0.3, 0.4) is 0 Å². The highest BCUT2D eigenvalue weighted by Gasteiger charge is 2.22. The average Bonchev–Trinajstić information content (AvgIpc) is 2.40. The van der Waals surface area contributed by atoms with E-state index in [-0.39, 0.29) is 0 Å². The minimum atomic E-state index is 0.510. The number of methoxy groups -OCH3 is 1. The van der Waals surface area contributed by atoms with Gasteiger partial charge in [-0.05, 0) is 42.9 Å². The van der Waals surface area contributed by atoms with Gasteiger partial charge < -0.3 is 9.47 Å². The molecule has 0 aliphatic carbocycles. The lowest BCUT2D eigenvalue weighted by Crippen LogP contribution is -2.26. The van der Waals surface area contributed by atoms with Gasteiger partial charge in [-0.2, -0.15) is 0 Å². The van der Waals surface area contributed by atoms with E-state index in [0.717, 1.165) is 25.4 Å². The zero-order valence-electron chi connectivity index (χ0n) is 10.2.